The molecular weight excluding hydrogens is 371 g/mol. The summed E-state index contributed by atoms with van der Waals surface area (Å²) in [6.45, 7) is 5.98. The molecule has 0 saturated carbocycles. The maximum atomic E-state index is 13.5. The molecule has 2 aromatic rings. The highest BCUT2D eigenvalue weighted by Crippen LogP contribution is 2.34. The Labute approximate surface area is 169 Å². The van der Waals surface area contributed by atoms with Crippen molar-refractivity contribution in [3.05, 3.63) is 53.3 Å². The van der Waals surface area contributed by atoms with Gasteiger partial charge in [0, 0.05) is 49.7 Å². The summed E-state index contributed by atoms with van der Waals surface area (Å²) < 4.78 is 13.5. The van der Waals surface area contributed by atoms with Crippen molar-refractivity contribution in [2.24, 2.45) is 0 Å². The van der Waals surface area contributed by atoms with Gasteiger partial charge in [0.2, 0.25) is 11.8 Å². The summed E-state index contributed by atoms with van der Waals surface area (Å²) in [5.41, 5.74) is 3.84. The van der Waals surface area contributed by atoms with Crippen molar-refractivity contribution in [2.45, 2.75) is 19.3 Å². The first-order chi connectivity index (χ1) is 13.9. The highest BCUT2D eigenvalue weighted by Gasteiger charge is 2.31. The van der Waals surface area contributed by atoms with Crippen LogP contribution < -0.4 is 15.5 Å². The molecule has 0 aromatic heterocycles. The molecule has 1 atom stereocenters. The minimum Gasteiger partial charge on any atom is -0.369 e. The van der Waals surface area contributed by atoms with Gasteiger partial charge < -0.3 is 20.4 Å². The Kier molecular flexibility index (Phi) is 5.24. The Bertz CT molecular complexity index is 954. The zero-order valence-electron chi connectivity index (χ0n) is 16.7. The molecule has 2 aromatic carbocycles. The number of amides is 2. The fourth-order valence-electron chi connectivity index (χ4n) is 3.94. The Morgan fingerprint density at radius 1 is 1.14 bits per heavy atom. The number of nitrogens with zero attached hydrogens (tertiary/aromatic N) is 2. The largest absolute Gasteiger partial charge is 0.369 e. The number of halogens is 1. The van der Waals surface area contributed by atoms with Crippen LogP contribution in [0.3, 0.4) is 0 Å². The first-order valence-electron chi connectivity index (χ1n) is 9.85. The van der Waals surface area contributed by atoms with Gasteiger partial charge in [0.15, 0.2) is 0 Å². The first kappa shape index (κ1) is 19.4. The molecule has 1 fully saturated rings. The Balaban J connectivity index is 1.51. The van der Waals surface area contributed by atoms with E-state index in [0.717, 1.165) is 43.1 Å². The third-order valence-electron chi connectivity index (χ3n) is 5.71. The van der Waals surface area contributed by atoms with Gasteiger partial charge in [-0.05, 0) is 55.4 Å². The lowest BCUT2D eigenvalue weighted by Crippen LogP contribution is -2.44. The van der Waals surface area contributed by atoms with E-state index in [-0.39, 0.29) is 18.2 Å². The molecule has 152 valence electrons. The van der Waals surface area contributed by atoms with Crippen LogP contribution in [-0.2, 0) is 9.59 Å². The van der Waals surface area contributed by atoms with Crippen LogP contribution in [0, 0.1) is 12.7 Å². The van der Waals surface area contributed by atoms with Gasteiger partial charge in [0.05, 0.1) is 5.92 Å². The van der Waals surface area contributed by atoms with Crippen LogP contribution in [0.25, 0.3) is 0 Å². The minimum absolute atomic E-state index is 0.0445. The number of piperazine rings is 1. The van der Waals surface area contributed by atoms with Gasteiger partial charge in [-0.1, -0.05) is 6.07 Å². The lowest BCUT2D eigenvalue weighted by atomic mass is 9.89. The fraction of sp³-hybridized carbons (Fsp3) is 0.364. The molecule has 1 saturated heterocycles. The molecule has 0 radical (unpaired) electrons. The third-order valence-corrected chi connectivity index (χ3v) is 5.71. The summed E-state index contributed by atoms with van der Waals surface area (Å²) in [6.07, 6.45) is 0.0445. The van der Waals surface area contributed by atoms with Gasteiger partial charge >= 0.3 is 0 Å². The highest BCUT2D eigenvalue weighted by atomic mass is 19.1. The highest BCUT2D eigenvalue weighted by molar-refractivity contribution is 6.05. The molecule has 2 aliphatic heterocycles. The van der Waals surface area contributed by atoms with Gasteiger partial charge in [-0.2, -0.15) is 0 Å². The average molecular weight is 396 g/mol. The lowest BCUT2D eigenvalue weighted by Gasteiger charge is -2.34. The van der Waals surface area contributed by atoms with Gasteiger partial charge in [-0.25, -0.2) is 4.39 Å². The van der Waals surface area contributed by atoms with E-state index in [1.54, 1.807) is 6.07 Å². The third kappa shape index (κ3) is 4.10. The summed E-state index contributed by atoms with van der Waals surface area (Å²) in [4.78, 5) is 29.6. The lowest BCUT2D eigenvalue weighted by molar-refractivity contribution is -0.123. The smallest absolute Gasteiger partial charge is 0.232 e. The Morgan fingerprint density at radius 3 is 2.62 bits per heavy atom. The van der Waals surface area contributed by atoms with Gasteiger partial charge in [0.1, 0.15) is 5.82 Å². The van der Waals surface area contributed by atoms with E-state index in [2.05, 4.69) is 33.5 Å². The van der Waals surface area contributed by atoms with Crippen LogP contribution in [0.15, 0.2) is 36.4 Å². The Morgan fingerprint density at radius 2 is 1.90 bits per heavy atom. The summed E-state index contributed by atoms with van der Waals surface area (Å²) in [5, 5.41) is 5.59. The summed E-state index contributed by atoms with van der Waals surface area (Å²) in [5.74, 6) is -1.63. The van der Waals surface area contributed by atoms with Crippen molar-refractivity contribution >= 4 is 28.9 Å². The van der Waals surface area contributed by atoms with Crippen LogP contribution in [0.4, 0.5) is 21.5 Å². The molecule has 7 heteroatoms. The number of hydrogen-bond donors (Lipinski definition) is 2. The molecule has 0 spiro atoms. The summed E-state index contributed by atoms with van der Waals surface area (Å²) >= 11 is 0. The van der Waals surface area contributed by atoms with Crippen LogP contribution in [0.5, 0.6) is 0 Å². The normalized spacial score (nSPS) is 19.5. The van der Waals surface area contributed by atoms with Crippen LogP contribution in [0.1, 0.15) is 23.5 Å². The minimum atomic E-state index is -0.643. The quantitative estimate of drug-likeness (QED) is 0.837. The number of carbonyl (C=O) groups excluding carboxylic acids is 2. The number of aryl methyl sites for hydroxylation is 1. The van der Waals surface area contributed by atoms with E-state index in [1.807, 2.05) is 19.1 Å². The van der Waals surface area contributed by atoms with E-state index in [9.17, 15) is 14.0 Å². The van der Waals surface area contributed by atoms with Gasteiger partial charge in [-0.15, -0.1) is 0 Å². The maximum absolute atomic E-state index is 13.5. The number of rotatable bonds is 3. The number of anilines is 3. The van der Waals surface area contributed by atoms with Crippen molar-refractivity contribution in [1.29, 1.82) is 0 Å². The number of carbonyl (C=O) groups is 2. The van der Waals surface area contributed by atoms with Crippen molar-refractivity contribution in [1.82, 2.24) is 4.90 Å². The molecule has 2 aliphatic rings. The van der Waals surface area contributed by atoms with Crippen molar-refractivity contribution in [2.75, 3.05) is 48.8 Å². The maximum Gasteiger partial charge on any atom is 0.232 e. The predicted octanol–water partition coefficient (Wildman–Crippen LogP) is 2.95. The van der Waals surface area contributed by atoms with Gasteiger partial charge in [0.25, 0.3) is 0 Å². The zero-order valence-corrected chi connectivity index (χ0v) is 16.7. The van der Waals surface area contributed by atoms with E-state index in [1.165, 1.54) is 12.1 Å². The molecule has 2 amide bonds. The van der Waals surface area contributed by atoms with Gasteiger partial charge in [-0.3, -0.25) is 9.59 Å². The monoisotopic (exact) mass is 396 g/mol. The molecule has 2 N–H and O–H groups in total. The number of nitrogens with one attached hydrogen (secondary N) is 2. The van der Waals surface area contributed by atoms with E-state index >= 15 is 0 Å². The second-order valence-electron chi connectivity index (χ2n) is 7.82. The molecular formula is C22H25FN4O2. The molecule has 2 heterocycles. The van der Waals surface area contributed by atoms with E-state index in [0.29, 0.717) is 11.3 Å². The zero-order chi connectivity index (χ0) is 20.5. The number of likely N-dealkylation sites (N-methyl/N-ethyl adjacent to an activating group) is 1. The fourth-order valence-corrected chi connectivity index (χ4v) is 3.94. The van der Waals surface area contributed by atoms with E-state index in [4.69, 9.17) is 0 Å². The standard InChI is InChI=1S/C22H25FN4O2/c1-14-11-16(27-9-7-26(2)8-10-27)4-6-19(14)25-22(29)18-13-21(28)24-20-12-15(23)3-5-17(18)20/h3-6,11-12,18H,7-10,13H2,1-2H3,(H,24,28)(H,25,29). The molecule has 0 aliphatic carbocycles. The second kappa shape index (κ2) is 7.83. The SMILES string of the molecule is Cc1cc(N2CCN(C)CC2)ccc1NC(=O)C1CC(=O)Nc2cc(F)ccc21. The topological polar surface area (TPSA) is 64.7 Å². The summed E-state index contributed by atoms with van der Waals surface area (Å²) in [6, 6.07) is 10.1. The second-order valence-corrected chi connectivity index (χ2v) is 7.82. The number of hydrogen-bond acceptors (Lipinski definition) is 4. The molecule has 6 nitrogen and oxygen atoms in total. The van der Waals surface area contributed by atoms with Crippen molar-refractivity contribution < 1.29 is 14.0 Å². The molecule has 1 unspecified atom stereocenters. The van der Waals surface area contributed by atoms with Crippen LogP contribution >= 0.6 is 0 Å². The van der Waals surface area contributed by atoms with Crippen molar-refractivity contribution in [3.8, 4) is 0 Å². The Hall–Kier alpha value is -2.93. The van der Waals surface area contributed by atoms with Crippen molar-refractivity contribution in [3.63, 3.8) is 0 Å². The molecule has 4 rings (SSSR count). The van der Waals surface area contributed by atoms with E-state index < -0.39 is 11.7 Å². The van der Waals surface area contributed by atoms with Crippen LogP contribution in [-0.4, -0.2) is 49.9 Å². The average Bonchev–Trinajstić information content (AvgIpc) is 2.69. The number of fused-ring (bicyclic) bond motifs is 1. The predicted molar refractivity (Wildman–Crippen MR) is 112 cm³/mol. The molecule has 29 heavy (non-hydrogen) atoms. The van der Waals surface area contributed by atoms with Crippen LogP contribution in [0.2, 0.25) is 0 Å². The summed E-state index contributed by atoms with van der Waals surface area (Å²) in [7, 11) is 2.12. The first-order valence-corrected chi connectivity index (χ1v) is 9.85. The number of benzene rings is 2. The molecule has 0 bridgehead atoms.